The largest absolute Gasteiger partial charge is 0.394 e. The Morgan fingerprint density at radius 1 is 1.13 bits per heavy atom. The number of ether oxygens (including phenoxy) is 1. The maximum atomic E-state index is 9.74. The Kier molecular flexibility index (Phi) is 3.78. The van der Waals surface area contributed by atoms with Gasteiger partial charge in [0.2, 0.25) is 0 Å². The Hall–Kier alpha value is -0.135. The quantitative estimate of drug-likeness (QED) is 0.390. The van der Waals surface area contributed by atoms with Crippen LogP contribution >= 0.6 is 0 Å². The highest BCUT2D eigenvalue weighted by atomic mass is 16.5. The molecule has 88 valence electrons. The van der Waals surface area contributed by atoms with Gasteiger partial charge in [-0.05, 0) is 5.31 Å². The summed E-state index contributed by atoms with van der Waals surface area (Å²) in [6.07, 6.45) is -5.10. The van der Waals surface area contributed by atoms with Crippen LogP contribution in [-0.4, -0.2) is 65.4 Å². The monoisotopic (exact) mass is 218 g/mol. The first-order valence-electron chi connectivity index (χ1n) is 5.09. The lowest BCUT2D eigenvalue weighted by Crippen LogP contribution is -2.60. The van der Waals surface area contributed by atoms with Crippen LogP contribution in [0.2, 0.25) is 5.31 Å². The van der Waals surface area contributed by atoms with Gasteiger partial charge in [0.05, 0.1) is 12.7 Å². The highest BCUT2D eigenvalue weighted by Crippen LogP contribution is 2.35. The molecular weight excluding hydrogens is 199 g/mol. The van der Waals surface area contributed by atoms with Crippen LogP contribution in [0.5, 0.6) is 0 Å². The number of hydrogen-bond donors (Lipinski definition) is 4. The molecule has 15 heavy (non-hydrogen) atoms. The van der Waals surface area contributed by atoms with Crippen molar-refractivity contribution in [1.29, 1.82) is 0 Å². The van der Waals surface area contributed by atoms with E-state index in [1.165, 1.54) is 0 Å². The molecule has 4 N–H and O–H groups in total. The molecular formula is C9H19BO5. The molecule has 1 rings (SSSR count). The lowest BCUT2D eigenvalue weighted by atomic mass is 9.65. The zero-order valence-corrected chi connectivity index (χ0v) is 9.29. The number of rotatable bonds is 2. The van der Waals surface area contributed by atoms with Crippen LogP contribution < -0.4 is 0 Å². The van der Waals surface area contributed by atoms with Gasteiger partial charge in [-0.15, -0.1) is 0 Å². The second kappa shape index (κ2) is 4.39. The molecule has 1 saturated heterocycles. The van der Waals surface area contributed by atoms with Gasteiger partial charge in [-0.25, -0.2) is 0 Å². The van der Waals surface area contributed by atoms with Gasteiger partial charge in [0.25, 0.3) is 0 Å². The van der Waals surface area contributed by atoms with Gasteiger partial charge < -0.3 is 25.2 Å². The molecule has 1 heterocycles. The van der Waals surface area contributed by atoms with Crippen molar-refractivity contribution in [2.24, 2.45) is 0 Å². The van der Waals surface area contributed by atoms with E-state index in [1.807, 2.05) is 21.7 Å². The molecule has 1 fully saturated rings. The Balaban J connectivity index is 2.83. The lowest BCUT2D eigenvalue weighted by Gasteiger charge is -2.45. The summed E-state index contributed by atoms with van der Waals surface area (Å²) in [4.78, 5) is 0. The van der Waals surface area contributed by atoms with Crippen molar-refractivity contribution >= 4 is 7.85 Å². The Morgan fingerprint density at radius 3 is 2.07 bits per heavy atom. The fourth-order valence-electron chi connectivity index (χ4n) is 1.82. The third-order valence-corrected chi connectivity index (χ3v) is 2.75. The SMILES string of the molecule is BC(C)(C)[C@H]1OC(CO)[C@H](O)C(O)C1O. The molecule has 3 unspecified atom stereocenters. The topological polar surface area (TPSA) is 90.2 Å². The van der Waals surface area contributed by atoms with Crippen molar-refractivity contribution in [1.82, 2.24) is 0 Å². The minimum Gasteiger partial charge on any atom is -0.394 e. The van der Waals surface area contributed by atoms with Gasteiger partial charge in [0.15, 0.2) is 0 Å². The third-order valence-electron chi connectivity index (χ3n) is 2.75. The van der Waals surface area contributed by atoms with Crippen molar-refractivity contribution in [3.63, 3.8) is 0 Å². The van der Waals surface area contributed by atoms with E-state index in [4.69, 9.17) is 9.84 Å². The highest BCUT2D eigenvalue weighted by molar-refractivity contribution is 6.15. The second-order valence-corrected chi connectivity index (χ2v) is 5.12. The van der Waals surface area contributed by atoms with Crippen molar-refractivity contribution in [3.05, 3.63) is 0 Å². The van der Waals surface area contributed by atoms with E-state index in [9.17, 15) is 15.3 Å². The normalized spacial score (nSPS) is 42.9. The third kappa shape index (κ3) is 2.51. The zero-order chi connectivity index (χ0) is 11.8. The van der Waals surface area contributed by atoms with E-state index >= 15 is 0 Å². The van der Waals surface area contributed by atoms with Crippen LogP contribution in [-0.2, 0) is 4.74 Å². The van der Waals surface area contributed by atoms with Gasteiger partial charge >= 0.3 is 0 Å². The Bertz CT molecular complexity index is 215. The summed E-state index contributed by atoms with van der Waals surface area (Å²) in [5, 5.41) is 37.4. The average Bonchev–Trinajstić information content (AvgIpc) is 2.13. The Labute approximate surface area is 90.1 Å². The smallest absolute Gasteiger partial charge is 0.112 e. The van der Waals surface area contributed by atoms with Crippen molar-refractivity contribution < 1.29 is 25.2 Å². The van der Waals surface area contributed by atoms with Crippen LogP contribution in [0, 0.1) is 0 Å². The number of aliphatic hydroxyl groups excluding tert-OH is 4. The average molecular weight is 218 g/mol. The van der Waals surface area contributed by atoms with Crippen molar-refractivity contribution in [3.8, 4) is 0 Å². The van der Waals surface area contributed by atoms with Gasteiger partial charge in [-0.1, -0.05) is 13.8 Å². The number of hydrogen-bond acceptors (Lipinski definition) is 5. The second-order valence-electron chi connectivity index (χ2n) is 5.12. The molecule has 0 radical (unpaired) electrons. The molecule has 0 aromatic rings. The van der Waals surface area contributed by atoms with Gasteiger partial charge in [0.1, 0.15) is 32.3 Å². The number of aliphatic hydroxyl groups is 4. The van der Waals surface area contributed by atoms with Crippen LogP contribution in [0.4, 0.5) is 0 Å². The minimum atomic E-state index is -1.28. The first-order valence-corrected chi connectivity index (χ1v) is 5.09. The van der Waals surface area contributed by atoms with E-state index in [0.29, 0.717) is 0 Å². The molecule has 0 bridgehead atoms. The van der Waals surface area contributed by atoms with Crippen molar-refractivity contribution in [2.75, 3.05) is 6.61 Å². The fourth-order valence-corrected chi connectivity index (χ4v) is 1.82. The maximum absolute atomic E-state index is 9.74. The van der Waals surface area contributed by atoms with Crippen LogP contribution in [0.25, 0.3) is 0 Å². The summed E-state index contributed by atoms with van der Waals surface area (Å²) < 4.78 is 5.38. The summed E-state index contributed by atoms with van der Waals surface area (Å²) >= 11 is 0. The van der Waals surface area contributed by atoms with Gasteiger partial charge in [-0.2, -0.15) is 0 Å². The molecule has 0 saturated carbocycles. The predicted molar refractivity (Wildman–Crippen MR) is 56.4 cm³/mol. The maximum Gasteiger partial charge on any atom is 0.112 e. The standard InChI is InChI=1S/C9H19BO5/c1-9(2,10)8-7(14)6(13)5(12)4(3-11)15-8/h4-8,11-14H,3,10H2,1-2H3/t4?,5-,6?,7?,8-/m0/s1. The molecule has 1 aliphatic heterocycles. The van der Waals surface area contributed by atoms with E-state index in [0.717, 1.165) is 0 Å². The summed E-state index contributed by atoms with van der Waals surface area (Å²) in [6.45, 7) is 3.34. The van der Waals surface area contributed by atoms with Crippen LogP contribution in [0.15, 0.2) is 0 Å². The first kappa shape index (κ1) is 12.9. The highest BCUT2D eigenvalue weighted by Gasteiger charge is 2.47. The van der Waals surface area contributed by atoms with Crippen LogP contribution in [0.3, 0.4) is 0 Å². The molecule has 0 aromatic heterocycles. The molecule has 1 aliphatic rings. The fraction of sp³-hybridized carbons (Fsp3) is 1.00. The molecule has 0 aliphatic carbocycles. The summed E-state index contributed by atoms with van der Waals surface area (Å²) in [7, 11) is 1.86. The van der Waals surface area contributed by atoms with Crippen LogP contribution in [0.1, 0.15) is 13.8 Å². The lowest BCUT2D eigenvalue weighted by molar-refractivity contribution is -0.236. The van der Waals surface area contributed by atoms with E-state index < -0.39 is 30.5 Å². The van der Waals surface area contributed by atoms with Gasteiger partial charge in [0, 0.05) is 0 Å². The van der Waals surface area contributed by atoms with E-state index in [1.54, 1.807) is 0 Å². The summed E-state index contributed by atoms with van der Waals surface area (Å²) in [5.74, 6) is 0. The van der Waals surface area contributed by atoms with Crippen molar-refractivity contribution in [2.45, 2.75) is 49.7 Å². The molecule has 5 nitrogen and oxygen atoms in total. The summed E-state index contributed by atoms with van der Waals surface area (Å²) in [6, 6.07) is 0. The predicted octanol–water partition coefficient (Wildman–Crippen LogP) is -2.34. The Morgan fingerprint density at radius 2 is 1.67 bits per heavy atom. The van der Waals surface area contributed by atoms with Gasteiger partial charge in [-0.3, -0.25) is 0 Å². The first-order chi connectivity index (χ1) is 6.79. The minimum absolute atomic E-state index is 0.367. The molecule has 6 heteroatoms. The van der Waals surface area contributed by atoms with E-state index in [2.05, 4.69) is 0 Å². The molecule has 0 amide bonds. The molecule has 5 atom stereocenters. The molecule has 0 aromatic carbocycles. The zero-order valence-electron chi connectivity index (χ0n) is 9.29. The molecule has 0 spiro atoms. The van der Waals surface area contributed by atoms with E-state index in [-0.39, 0.29) is 11.9 Å². The summed E-state index contributed by atoms with van der Waals surface area (Å²) in [5.41, 5.74) is 0.